The molecule has 2 aliphatic carbocycles. The van der Waals surface area contributed by atoms with Crippen LogP contribution in [0.3, 0.4) is 0 Å². The molecule has 0 amide bonds. The van der Waals surface area contributed by atoms with Crippen LogP contribution in [0.2, 0.25) is 0 Å². The second-order valence-electron chi connectivity index (χ2n) is 16.9. The molecule has 2 unspecified atom stereocenters. The SMILES string of the molecule is CC[C@@H]1CN(C)[C@H]2Cc3c([nH]c4ccccc34)[C@@H](c3c(OC)ccc4c5c([nH]c34)[C@]3(C(=O)OC)C[C@H]4C[C@H](CC)[C@@H]3N(CC5)C4C#N)C[C@@H]1[C@@H]2C(=O)OC. The number of fused-ring (bicyclic) bond motifs is 9. The van der Waals surface area contributed by atoms with Gasteiger partial charge in [-0.3, -0.25) is 14.5 Å². The molecule has 3 saturated heterocycles. The van der Waals surface area contributed by atoms with Crippen molar-refractivity contribution in [2.24, 2.45) is 29.6 Å². The first kappa shape index (κ1) is 35.4. The van der Waals surface area contributed by atoms with Gasteiger partial charge in [0.1, 0.15) is 17.2 Å². The molecule has 6 heterocycles. The normalized spacial score (nSPS) is 34.2. The second-order valence-corrected chi connectivity index (χ2v) is 16.9. The number of nitrogens with zero attached hydrogens (tertiary/aromatic N) is 3. The minimum Gasteiger partial charge on any atom is -0.496 e. The number of esters is 2. The number of ether oxygens (including phenoxy) is 3. The molecule has 4 aliphatic heterocycles. The number of carbonyl (C=O) groups excluding carboxylic acids is 2. The molecule has 54 heavy (non-hydrogen) atoms. The lowest BCUT2D eigenvalue weighted by molar-refractivity contribution is -0.165. The summed E-state index contributed by atoms with van der Waals surface area (Å²) in [5.41, 5.74) is 6.72. The number of aromatic amines is 2. The molecule has 4 fully saturated rings. The van der Waals surface area contributed by atoms with Crippen LogP contribution >= 0.6 is 0 Å². The molecule has 1 saturated carbocycles. The third kappa shape index (κ3) is 4.76. The van der Waals surface area contributed by atoms with E-state index in [4.69, 9.17) is 14.2 Å². The van der Waals surface area contributed by atoms with Gasteiger partial charge in [-0.25, -0.2) is 0 Å². The van der Waals surface area contributed by atoms with Crippen molar-refractivity contribution in [2.45, 2.75) is 88.3 Å². The Morgan fingerprint density at radius 3 is 2.50 bits per heavy atom. The monoisotopic (exact) mass is 731 g/mol. The van der Waals surface area contributed by atoms with E-state index in [1.54, 1.807) is 7.11 Å². The van der Waals surface area contributed by atoms with Crippen molar-refractivity contribution < 1.29 is 23.8 Å². The standard InChI is InChI=1S/C44H53N5O5/c1-7-23-17-25-20-44(43(51)54-6)40-28(15-16-49(41(23)44)34(25)21-45)27-13-14-35(52-4)37(39(27)47-40)31-18-29-24(8-2)22-48(3)33(36(29)42(50)53-5)19-30-26-11-9-10-12-32(26)46-38(30)31/h9-14,23-25,29,31,33-34,36,41,46-47H,7-8,15-20,22H2,1-6H3/t23-,24+,25+,29-,31+,33-,34?,36-,41-,44+/m0/s1. The van der Waals surface area contributed by atoms with Crippen LogP contribution < -0.4 is 4.74 Å². The van der Waals surface area contributed by atoms with Crippen LogP contribution in [0, 0.1) is 40.9 Å². The summed E-state index contributed by atoms with van der Waals surface area (Å²) in [6.07, 6.45) is 5.62. The van der Waals surface area contributed by atoms with Gasteiger partial charge in [0.15, 0.2) is 0 Å². The van der Waals surface area contributed by atoms with Crippen molar-refractivity contribution >= 4 is 33.7 Å². The lowest BCUT2D eigenvalue weighted by atomic mass is 9.54. The molecule has 11 atom stereocenters. The first-order valence-electron chi connectivity index (χ1n) is 20.1. The van der Waals surface area contributed by atoms with Crippen molar-refractivity contribution in [3.63, 3.8) is 0 Å². The number of aromatic nitrogens is 2. The molecular formula is C44H53N5O5. The summed E-state index contributed by atoms with van der Waals surface area (Å²) < 4.78 is 17.7. The fourth-order valence-corrected chi connectivity index (χ4v) is 12.7. The first-order valence-corrected chi connectivity index (χ1v) is 20.1. The molecular weight excluding hydrogens is 679 g/mol. The Kier molecular flexibility index (Phi) is 8.62. The van der Waals surface area contributed by atoms with Gasteiger partial charge in [0.2, 0.25) is 0 Å². The molecule has 2 N–H and O–H groups in total. The number of methoxy groups -OCH3 is 3. The van der Waals surface area contributed by atoms with Crippen LogP contribution in [0.4, 0.5) is 0 Å². The Morgan fingerprint density at radius 2 is 1.78 bits per heavy atom. The topological polar surface area (TPSA) is 124 Å². The van der Waals surface area contributed by atoms with Gasteiger partial charge in [-0.1, -0.05) is 44.9 Å². The fourth-order valence-electron chi connectivity index (χ4n) is 12.7. The van der Waals surface area contributed by atoms with Gasteiger partial charge in [-0.05, 0) is 92.1 Å². The van der Waals surface area contributed by atoms with E-state index < -0.39 is 5.41 Å². The van der Waals surface area contributed by atoms with Gasteiger partial charge in [0.05, 0.1) is 38.8 Å². The van der Waals surface area contributed by atoms with Crippen LogP contribution in [-0.4, -0.2) is 91.3 Å². The second kappa shape index (κ2) is 13.2. The number of likely N-dealkylation sites (tertiary alicyclic amines) is 1. The Hall–Kier alpha value is -4.33. The number of nitriles is 1. The zero-order valence-electron chi connectivity index (χ0n) is 32.4. The molecule has 2 aromatic heterocycles. The zero-order chi connectivity index (χ0) is 37.6. The number of para-hydroxylation sites is 1. The Bertz CT molecular complexity index is 2180. The highest BCUT2D eigenvalue weighted by Gasteiger charge is 2.65. The highest BCUT2D eigenvalue weighted by Crippen LogP contribution is 2.58. The Morgan fingerprint density at radius 1 is 0.981 bits per heavy atom. The molecule has 10 rings (SSSR count). The third-order valence-electron chi connectivity index (χ3n) is 14.9. The van der Waals surface area contributed by atoms with E-state index in [-0.39, 0.29) is 59.7 Å². The highest BCUT2D eigenvalue weighted by molar-refractivity contribution is 5.95. The smallest absolute Gasteiger partial charge is 0.319 e. The number of benzene rings is 2. The molecule has 284 valence electrons. The molecule has 6 aliphatic rings. The van der Waals surface area contributed by atoms with Crippen LogP contribution in [0.1, 0.15) is 79.9 Å². The van der Waals surface area contributed by atoms with Crippen LogP contribution in [0.25, 0.3) is 21.8 Å². The summed E-state index contributed by atoms with van der Waals surface area (Å²) in [7, 11) is 6.95. The molecule has 0 spiro atoms. The van der Waals surface area contributed by atoms with E-state index >= 15 is 0 Å². The van der Waals surface area contributed by atoms with Gasteiger partial charge >= 0.3 is 11.9 Å². The fraction of sp³-hybridized carbons (Fsp3) is 0.568. The summed E-state index contributed by atoms with van der Waals surface area (Å²) in [5.74, 6) is 0.766. The number of piperidine rings is 3. The maximum atomic E-state index is 14.5. The van der Waals surface area contributed by atoms with Crippen molar-refractivity contribution in [1.29, 1.82) is 5.26 Å². The highest BCUT2D eigenvalue weighted by atomic mass is 16.5. The molecule has 4 aromatic rings. The molecule has 6 bridgehead atoms. The number of hydrogen-bond acceptors (Lipinski definition) is 8. The van der Waals surface area contributed by atoms with Gasteiger partial charge in [-0.15, -0.1) is 0 Å². The molecule has 10 heteroatoms. The van der Waals surface area contributed by atoms with Crippen molar-refractivity contribution in [2.75, 3.05) is 41.5 Å². The third-order valence-corrected chi connectivity index (χ3v) is 14.9. The molecule has 0 radical (unpaired) electrons. The quantitative estimate of drug-likeness (QED) is 0.217. The van der Waals surface area contributed by atoms with E-state index in [1.807, 2.05) is 0 Å². The minimum atomic E-state index is -0.918. The maximum absolute atomic E-state index is 14.5. The van der Waals surface area contributed by atoms with E-state index in [9.17, 15) is 14.9 Å². The lowest BCUT2D eigenvalue weighted by Gasteiger charge is -2.59. The minimum absolute atomic E-state index is 0.0109. The van der Waals surface area contributed by atoms with Gasteiger partial charge in [0, 0.05) is 64.3 Å². The Labute approximate surface area is 317 Å². The Balaban J connectivity index is 1.31. The van der Waals surface area contributed by atoms with E-state index in [1.165, 1.54) is 30.9 Å². The predicted molar refractivity (Wildman–Crippen MR) is 206 cm³/mol. The number of carbonyl (C=O) groups is 2. The summed E-state index contributed by atoms with van der Waals surface area (Å²) in [5, 5.41) is 12.7. The molecule has 10 nitrogen and oxygen atoms in total. The number of hydrogen-bond donors (Lipinski definition) is 2. The van der Waals surface area contributed by atoms with Gasteiger partial charge < -0.3 is 29.1 Å². The van der Waals surface area contributed by atoms with E-state index in [0.29, 0.717) is 18.9 Å². The first-order chi connectivity index (χ1) is 26.2. The number of H-pyrrole nitrogens is 2. The van der Waals surface area contributed by atoms with Crippen molar-refractivity contribution in [3.05, 3.63) is 64.5 Å². The van der Waals surface area contributed by atoms with E-state index in [2.05, 4.69) is 83.1 Å². The lowest BCUT2D eigenvalue weighted by Crippen LogP contribution is -2.70. The molecule has 2 aromatic carbocycles. The van der Waals surface area contributed by atoms with Crippen LogP contribution in [0.15, 0.2) is 36.4 Å². The summed E-state index contributed by atoms with van der Waals surface area (Å²) in [4.78, 5) is 41.1. The van der Waals surface area contributed by atoms with Crippen molar-refractivity contribution in [1.82, 2.24) is 19.8 Å². The number of likely N-dealkylation sites (N-methyl/N-ethyl adjacent to an activating group) is 1. The summed E-state index contributed by atoms with van der Waals surface area (Å²) in [6, 6.07) is 15.1. The van der Waals surface area contributed by atoms with Gasteiger partial charge in [0.25, 0.3) is 0 Å². The van der Waals surface area contributed by atoms with Crippen molar-refractivity contribution in [3.8, 4) is 11.8 Å². The summed E-state index contributed by atoms with van der Waals surface area (Å²) >= 11 is 0. The van der Waals surface area contributed by atoms with Gasteiger partial charge in [-0.2, -0.15) is 5.26 Å². The van der Waals surface area contributed by atoms with E-state index in [0.717, 1.165) is 84.1 Å². The van der Waals surface area contributed by atoms with Crippen LogP contribution in [-0.2, 0) is 37.3 Å². The average molecular weight is 732 g/mol. The predicted octanol–water partition coefficient (Wildman–Crippen LogP) is 6.46. The summed E-state index contributed by atoms with van der Waals surface area (Å²) in [6.45, 7) is 6.09. The maximum Gasteiger partial charge on any atom is 0.319 e. The zero-order valence-corrected chi connectivity index (χ0v) is 32.4. The largest absolute Gasteiger partial charge is 0.496 e. The number of rotatable bonds is 6. The average Bonchev–Trinajstić information content (AvgIpc) is 3.72. The van der Waals surface area contributed by atoms with Crippen LogP contribution in [0.5, 0.6) is 5.75 Å². The number of nitrogens with one attached hydrogen (secondary N) is 2.